The summed E-state index contributed by atoms with van der Waals surface area (Å²) in [6, 6.07) is 20.4. The summed E-state index contributed by atoms with van der Waals surface area (Å²) in [7, 11) is 0. The van der Waals surface area contributed by atoms with Gasteiger partial charge < -0.3 is 19.1 Å². The number of nitrogens with zero attached hydrogens (tertiary/aromatic N) is 2. The van der Waals surface area contributed by atoms with Crippen molar-refractivity contribution in [1.82, 2.24) is 4.98 Å². The highest BCUT2D eigenvalue weighted by atomic mass is 19.1. The maximum Gasteiger partial charge on any atom is 0.230 e. The predicted molar refractivity (Wildman–Crippen MR) is 152 cm³/mol. The lowest BCUT2D eigenvalue weighted by Crippen LogP contribution is -2.41. The SMILES string of the molecule is Cc1c(COc2ccc3c(c2)N(C(=O)C2CCOCC2)CCC3)nc2ccc(F)cc2c1OCc1ccccc1. The van der Waals surface area contributed by atoms with Gasteiger partial charge in [0.1, 0.15) is 30.5 Å². The lowest BCUT2D eigenvalue weighted by Gasteiger charge is -2.33. The van der Waals surface area contributed by atoms with Crippen LogP contribution in [0.3, 0.4) is 0 Å². The van der Waals surface area contributed by atoms with Crippen LogP contribution < -0.4 is 14.4 Å². The Morgan fingerprint density at radius 3 is 2.67 bits per heavy atom. The molecule has 0 atom stereocenters. The van der Waals surface area contributed by atoms with Crippen LogP contribution >= 0.6 is 0 Å². The summed E-state index contributed by atoms with van der Waals surface area (Å²) in [4.78, 5) is 20.1. The smallest absolute Gasteiger partial charge is 0.230 e. The quantitative estimate of drug-likeness (QED) is 0.266. The van der Waals surface area contributed by atoms with Crippen LogP contribution in [-0.2, 0) is 29.2 Å². The third kappa shape index (κ3) is 5.52. The Hall–Kier alpha value is -3.97. The minimum Gasteiger partial charge on any atom is -0.488 e. The number of aromatic nitrogens is 1. The first-order valence-electron chi connectivity index (χ1n) is 14.0. The fourth-order valence-electron chi connectivity index (χ4n) is 5.60. The normalized spacial score (nSPS) is 15.6. The molecule has 7 heteroatoms. The molecule has 6 rings (SSSR count). The van der Waals surface area contributed by atoms with Gasteiger partial charge in [0.2, 0.25) is 5.91 Å². The number of aryl methyl sites for hydroxylation is 1. The van der Waals surface area contributed by atoms with Gasteiger partial charge >= 0.3 is 0 Å². The van der Waals surface area contributed by atoms with E-state index in [-0.39, 0.29) is 24.2 Å². The summed E-state index contributed by atoms with van der Waals surface area (Å²) in [6.45, 7) is 4.51. The molecule has 1 saturated heterocycles. The number of pyridine rings is 1. The Morgan fingerprint density at radius 2 is 1.85 bits per heavy atom. The second kappa shape index (κ2) is 11.6. The third-order valence-corrected chi connectivity index (χ3v) is 7.85. The first-order chi connectivity index (χ1) is 19.6. The Bertz CT molecular complexity index is 1520. The fourth-order valence-corrected chi connectivity index (χ4v) is 5.60. The molecule has 1 fully saturated rings. The van der Waals surface area contributed by atoms with Crippen LogP contribution in [0.2, 0.25) is 0 Å². The number of hydrogen-bond acceptors (Lipinski definition) is 5. The highest BCUT2D eigenvalue weighted by Crippen LogP contribution is 2.35. The number of rotatable bonds is 7. The van der Waals surface area contributed by atoms with Crippen molar-refractivity contribution < 1.29 is 23.4 Å². The molecule has 0 aliphatic carbocycles. The molecule has 4 aromatic rings. The maximum atomic E-state index is 14.2. The largest absolute Gasteiger partial charge is 0.488 e. The molecule has 1 aromatic heterocycles. The van der Waals surface area contributed by atoms with Crippen molar-refractivity contribution in [2.75, 3.05) is 24.7 Å². The molecule has 0 spiro atoms. The average Bonchev–Trinajstić information content (AvgIpc) is 3.00. The monoisotopic (exact) mass is 540 g/mol. The zero-order valence-electron chi connectivity index (χ0n) is 22.7. The first kappa shape index (κ1) is 26.3. The van der Waals surface area contributed by atoms with Crippen molar-refractivity contribution in [2.45, 2.75) is 45.8 Å². The Labute approximate surface area is 233 Å². The fraction of sp³-hybridized carbons (Fsp3) is 0.333. The van der Waals surface area contributed by atoms with Crippen LogP contribution in [0.25, 0.3) is 10.9 Å². The highest BCUT2D eigenvalue weighted by Gasteiger charge is 2.30. The molecule has 0 radical (unpaired) electrons. The van der Waals surface area contributed by atoms with E-state index in [1.54, 1.807) is 6.07 Å². The van der Waals surface area contributed by atoms with Crippen molar-refractivity contribution in [1.29, 1.82) is 0 Å². The second-order valence-corrected chi connectivity index (χ2v) is 10.5. The van der Waals surface area contributed by atoms with Crippen LogP contribution in [0.1, 0.15) is 41.6 Å². The van der Waals surface area contributed by atoms with Crippen molar-refractivity contribution in [3.8, 4) is 11.5 Å². The molecule has 0 unspecified atom stereocenters. The molecular formula is C33H33FN2O4. The Kier molecular flexibility index (Phi) is 7.64. The molecule has 0 bridgehead atoms. The zero-order valence-corrected chi connectivity index (χ0v) is 22.7. The van der Waals surface area contributed by atoms with Gasteiger partial charge in [-0.05, 0) is 68.0 Å². The summed E-state index contributed by atoms with van der Waals surface area (Å²) in [6.07, 6.45) is 3.44. The number of hydrogen-bond donors (Lipinski definition) is 0. The van der Waals surface area contributed by atoms with Crippen LogP contribution in [0.15, 0.2) is 66.7 Å². The van der Waals surface area contributed by atoms with Crippen LogP contribution in [0.5, 0.6) is 11.5 Å². The molecule has 206 valence electrons. The van der Waals surface area contributed by atoms with Crippen LogP contribution in [0.4, 0.5) is 10.1 Å². The van der Waals surface area contributed by atoms with E-state index >= 15 is 0 Å². The number of halogens is 1. The minimum atomic E-state index is -0.337. The standard InChI is InChI=1S/C33H33FN2O4/c1-22-30(35-29-12-10-26(34)18-28(29)32(22)40-20-23-6-3-2-4-7-23)21-39-27-11-9-24-8-5-15-36(31(24)19-27)33(37)25-13-16-38-17-14-25/h2-4,6-7,9-12,18-19,25H,5,8,13-17,20-21H2,1H3. The van der Waals surface area contributed by atoms with Gasteiger partial charge in [-0.2, -0.15) is 0 Å². The number of amides is 1. The lowest BCUT2D eigenvalue weighted by molar-refractivity contribution is -0.125. The third-order valence-electron chi connectivity index (χ3n) is 7.85. The van der Waals surface area contributed by atoms with E-state index in [4.69, 9.17) is 19.2 Å². The lowest BCUT2D eigenvalue weighted by atomic mass is 9.95. The van der Waals surface area contributed by atoms with E-state index in [1.807, 2.05) is 54.3 Å². The number of benzene rings is 3. The van der Waals surface area contributed by atoms with E-state index in [2.05, 4.69) is 6.07 Å². The molecule has 40 heavy (non-hydrogen) atoms. The average molecular weight is 541 g/mol. The summed E-state index contributed by atoms with van der Waals surface area (Å²) in [5.41, 5.74) is 5.30. The van der Waals surface area contributed by atoms with E-state index in [1.165, 1.54) is 12.1 Å². The molecule has 1 amide bonds. The predicted octanol–water partition coefficient (Wildman–Crippen LogP) is 6.55. The van der Waals surface area contributed by atoms with Gasteiger partial charge in [-0.15, -0.1) is 0 Å². The van der Waals surface area contributed by atoms with Crippen molar-refractivity contribution >= 4 is 22.5 Å². The van der Waals surface area contributed by atoms with Gasteiger partial charge in [0.15, 0.2) is 0 Å². The first-order valence-corrected chi connectivity index (χ1v) is 14.0. The van der Waals surface area contributed by atoms with Crippen molar-refractivity contribution in [3.63, 3.8) is 0 Å². The zero-order chi connectivity index (χ0) is 27.5. The summed E-state index contributed by atoms with van der Waals surface area (Å²) in [5, 5.41) is 0.633. The molecule has 0 saturated carbocycles. The number of carbonyl (C=O) groups excluding carboxylic acids is 1. The highest BCUT2D eigenvalue weighted by molar-refractivity contribution is 5.96. The van der Waals surface area contributed by atoms with E-state index < -0.39 is 0 Å². The maximum absolute atomic E-state index is 14.2. The topological polar surface area (TPSA) is 60.9 Å². The summed E-state index contributed by atoms with van der Waals surface area (Å²) in [5.74, 6) is 1.13. The minimum absolute atomic E-state index is 0.00728. The van der Waals surface area contributed by atoms with E-state index in [0.717, 1.165) is 60.3 Å². The van der Waals surface area contributed by atoms with Gasteiger partial charge in [-0.1, -0.05) is 36.4 Å². The number of fused-ring (bicyclic) bond motifs is 2. The number of anilines is 1. The summed E-state index contributed by atoms with van der Waals surface area (Å²) < 4.78 is 32.1. The van der Waals surface area contributed by atoms with Crippen molar-refractivity contribution in [2.24, 2.45) is 5.92 Å². The molecule has 2 aliphatic heterocycles. The number of ether oxygens (including phenoxy) is 3. The van der Waals surface area contributed by atoms with Gasteiger partial charge in [-0.25, -0.2) is 9.37 Å². The van der Waals surface area contributed by atoms with Gasteiger partial charge in [0.05, 0.1) is 16.9 Å². The van der Waals surface area contributed by atoms with Gasteiger partial charge in [0.25, 0.3) is 0 Å². The molecule has 2 aliphatic rings. The molecule has 6 nitrogen and oxygen atoms in total. The van der Waals surface area contributed by atoms with E-state index in [0.29, 0.717) is 42.2 Å². The Balaban J connectivity index is 1.25. The second-order valence-electron chi connectivity index (χ2n) is 10.5. The molecule has 3 aromatic carbocycles. The van der Waals surface area contributed by atoms with Gasteiger partial charge in [-0.3, -0.25) is 4.79 Å². The van der Waals surface area contributed by atoms with Crippen LogP contribution in [-0.4, -0.2) is 30.6 Å². The molecule has 3 heterocycles. The molecule has 0 N–H and O–H groups in total. The van der Waals surface area contributed by atoms with Crippen molar-refractivity contribution in [3.05, 3.63) is 94.9 Å². The van der Waals surface area contributed by atoms with Gasteiger partial charge in [0, 0.05) is 42.7 Å². The van der Waals surface area contributed by atoms with Crippen LogP contribution in [0, 0.1) is 18.7 Å². The summed E-state index contributed by atoms with van der Waals surface area (Å²) >= 11 is 0. The Morgan fingerprint density at radius 1 is 1.02 bits per heavy atom. The van der Waals surface area contributed by atoms with E-state index in [9.17, 15) is 9.18 Å². The molecular weight excluding hydrogens is 507 g/mol. The number of carbonyl (C=O) groups is 1.